The molecule has 6 heteroatoms. The first kappa shape index (κ1) is 16.0. The normalized spacial score (nSPS) is 14.7. The number of hydrogen-bond donors (Lipinski definition) is 1. The minimum Gasteiger partial charge on any atom is -0.521 e. The molecule has 0 fully saturated rings. The number of nitrogens with zero attached hydrogens (tertiary/aromatic N) is 1. The molecule has 0 saturated carbocycles. The Hall–Kier alpha value is -0.986. The fraction of sp³-hybridized carbons (Fsp3) is 0.182. The van der Waals surface area contributed by atoms with Crippen molar-refractivity contribution in [3.8, 4) is 12.3 Å². The van der Waals surface area contributed by atoms with Gasteiger partial charge in [-0.1, -0.05) is 12.1 Å². The van der Waals surface area contributed by atoms with Crippen molar-refractivity contribution in [2.75, 3.05) is 6.54 Å². The summed E-state index contributed by atoms with van der Waals surface area (Å²) < 4.78 is 24.4. The molecule has 1 rings (SSSR count). The molecule has 1 radical (unpaired) electrons. The third kappa shape index (κ3) is 4.06. The monoisotopic (exact) mass is 313 g/mol. The van der Waals surface area contributed by atoms with Crippen LogP contribution in [0.5, 0.6) is 0 Å². The molecule has 0 spiro atoms. The van der Waals surface area contributed by atoms with Gasteiger partial charge in [0.1, 0.15) is 0 Å². The van der Waals surface area contributed by atoms with Gasteiger partial charge >= 0.3 is 0 Å². The van der Waals surface area contributed by atoms with Gasteiger partial charge in [-0.25, -0.2) is 8.78 Å². The predicted octanol–water partition coefficient (Wildman–Crippen LogP) is 1.41. The summed E-state index contributed by atoms with van der Waals surface area (Å²) in [5.74, 6) is 0.914. The summed E-state index contributed by atoms with van der Waals surface area (Å²) >= 11 is 0. The van der Waals surface area contributed by atoms with Crippen LogP contribution in [-0.2, 0) is 37.5 Å². The molecule has 3 nitrogen and oxygen atoms in total. The average molecular weight is 313 g/mol. The minimum absolute atomic E-state index is 0. The molecular weight excluding hydrogens is 305 g/mol. The summed E-state index contributed by atoms with van der Waals surface area (Å²) in [7, 11) is 0. The third-order valence-corrected chi connectivity index (χ3v) is 1.89. The number of allylic oxidation sites excluding steroid dienone is 1. The Bertz CT molecular complexity index is 435. The Morgan fingerprint density at radius 3 is 2.71 bits per heavy atom. The van der Waals surface area contributed by atoms with E-state index in [1.807, 2.05) is 0 Å². The smallest absolute Gasteiger partial charge is 0.254 e. The first-order chi connectivity index (χ1) is 7.45. The van der Waals surface area contributed by atoms with Crippen molar-refractivity contribution in [2.24, 2.45) is 0 Å². The van der Waals surface area contributed by atoms with E-state index in [0.717, 1.165) is 4.90 Å². The molecule has 1 aliphatic rings. The van der Waals surface area contributed by atoms with E-state index in [4.69, 9.17) is 11.5 Å². The molecule has 17 heavy (non-hydrogen) atoms. The zero-order chi connectivity index (χ0) is 12.3. The Balaban J connectivity index is 0.00000256. The topological polar surface area (TPSA) is 40.5 Å². The van der Waals surface area contributed by atoms with Crippen molar-refractivity contribution in [1.29, 1.82) is 0 Å². The maximum atomic E-state index is 12.2. The van der Waals surface area contributed by atoms with Crippen LogP contribution >= 0.6 is 0 Å². The Morgan fingerprint density at radius 1 is 1.71 bits per heavy atom. The Labute approximate surface area is 123 Å². The summed E-state index contributed by atoms with van der Waals surface area (Å²) in [4.78, 5) is 11.6. The molecule has 87 valence electrons. The van der Waals surface area contributed by atoms with Crippen LogP contribution in [0.25, 0.3) is 0 Å². The van der Waals surface area contributed by atoms with Crippen molar-refractivity contribution < 1.29 is 51.4 Å². The predicted molar refractivity (Wildman–Crippen MR) is 53.2 cm³/mol. The summed E-state index contributed by atoms with van der Waals surface area (Å²) in [6, 6.07) is 0. The number of rotatable bonds is 3. The van der Waals surface area contributed by atoms with Crippen LogP contribution in [0.2, 0.25) is 0 Å². The van der Waals surface area contributed by atoms with E-state index < -0.39 is 18.9 Å². The SMILES string of the molecule is C#CC1=CC(C(=O)O)=[C-]N(CC(F)F)C1=C.[Y]. The van der Waals surface area contributed by atoms with Crippen LogP contribution in [0.1, 0.15) is 0 Å². The molecule has 1 N–H and O–H groups in total. The summed E-state index contributed by atoms with van der Waals surface area (Å²) in [5, 5.41) is 8.73. The van der Waals surface area contributed by atoms with Crippen LogP contribution < -0.4 is 0 Å². The molecule has 0 bridgehead atoms. The van der Waals surface area contributed by atoms with Gasteiger partial charge < -0.3 is 14.8 Å². The van der Waals surface area contributed by atoms with Gasteiger partial charge in [0.15, 0.2) is 0 Å². The Kier molecular flexibility index (Phi) is 6.29. The molecule has 1 aliphatic heterocycles. The fourth-order valence-corrected chi connectivity index (χ4v) is 1.15. The maximum absolute atomic E-state index is 12.2. The van der Waals surface area contributed by atoms with Crippen LogP contribution in [0.4, 0.5) is 8.78 Å². The van der Waals surface area contributed by atoms with E-state index in [0.29, 0.717) is 0 Å². The van der Waals surface area contributed by atoms with Crippen LogP contribution in [0.15, 0.2) is 29.5 Å². The first-order valence-electron chi connectivity index (χ1n) is 4.26. The number of hydrogen-bond acceptors (Lipinski definition) is 2. The minimum atomic E-state index is -2.63. The van der Waals surface area contributed by atoms with Gasteiger partial charge in [0.25, 0.3) is 6.43 Å². The van der Waals surface area contributed by atoms with Crippen molar-refractivity contribution in [1.82, 2.24) is 4.90 Å². The molecule has 0 aliphatic carbocycles. The molecular formula is C11H8F2NO2Y-. The van der Waals surface area contributed by atoms with Gasteiger partial charge in [-0.3, -0.25) is 0 Å². The molecule has 0 unspecified atom stereocenters. The quantitative estimate of drug-likeness (QED) is 0.633. The van der Waals surface area contributed by atoms with Crippen LogP contribution in [0, 0.1) is 18.5 Å². The molecule has 0 atom stereocenters. The largest absolute Gasteiger partial charge is 0.521 e. The number of carboxylic acid groups (broad SMARTS) is 1. The first-order valence-corrected chi connectivity index (χ1v) is 4.26. The number of aliphatic carboxylic acids is 1. The molecule has 0 amide bonds. The van der Waals surface area contributed by atoms with Crippen molar-refractivity contribution in [3.05, 3.63) is 35.7 Å². The number of carboxylic acids is 1. The van der Waals surface area contributed by atoms with E-state index in [1.165, 1.54) is 6.08 Å². The fourth-order valence-electron chi connectivity index (χ4n) is 1.15. The third-order valence-electron chi connectivity index (χ3n) is 1.89. The summed E-state index contributed by atoms with van der Waals surface area (Å²) in [5.41, 5.74) is 0.0469. The van der Waals surface area contributed by atoms with Crippen molar-refractivity contribution in [3.63, 3.8) is 0 Å². The second-order valence-corrected chi connectivity index (χ2v) is 2.98. The van der Waals surface area contributed by atoms with Gasteiger partial charge in [0, 0.05) is 32.7 Å². The van der Waals surface area contributed by atoms with E-state index >= 15 is 0 Å². The van der Waals surface area contributed by atoms with Crippen LogP contribution in [-0.4, -0.2) is 28.9 Å². The van der Waals surface area contributed by atoms with Gasteiger partial charge in [-0.15, -0.1) is 19.1 Å². The second-order valence-electron chi connectivity index (χ2n) is 2.98. The maximum Gasteiger partial charge on any atom is 0.254 e. The molecule has 0 aromatic rings. The zero-order valence-electron chi connectivity index (χ0n) is 8.78. The molecule has 0 aromatic heterocycles. The van der Waals surface area contributed by atoms with Crippen molar-refractivity contribution >= 4 is 5.97 Å². The standard InChI is InChI=1S/C11H8F2NO2.Y/c1-3-8-4-9(11(15)16)5-14(7(8)2)6-10(12)13;/h1,4,10H,2,6H2,(H,15,16);/q-1;. The van der Waals surface area contributed by atoms with E-state index in [-0.39, 0.29) is 49.6 Å². The van der Waals surface area contributed by atoms with E-state index in [2.05, 4.69) is 18.7 Å². The number of alkyl halides is 2. The van der Waals surface area contributed by atoms with E-state index in [1.54, 1.807) is 0 Å². The van der Waals surface area contributed by atoms with Crippen molar-refractivity contribution in [2.45, 2.75) is 6.43 Å². The van der Waals surface area contributed by atoms with Crippen LogP contribution in [0.3, 0.4) is 0 Å². The number of halogens is 2. The molecule has 0 aromatic carbocycles. The van der Waals surface area contributed by atoms with Gasteiger partial charge in [0.05, 0.1) is 6.54 Å². The van der Waals surface area contributed by atoms with Gasteiger partial charge in [0.2, 0.25) is 5.97 Å². The zero-order valence-corrected chi connectivity index (χ0v) is 11.6. The van der Waals surface area contributed by atoms with Gasteiger partial charge in [-0.05, 0) is 16.8 Å². The Morgan fingerprint density at radius 2 is 2.29 bits per heavy atom. The van der Waals surface area contributed by atoms with Gasteiger partial charge in [-0.2, -0.15) is 0 Å². The number of carbonyl (C=O) groups is 1. The molecule has 1 heterocycles. The summed E-state index contributed by atoms with van der Waals surface area (Å²) in [6.45, 7) is 2.82. The second kappa shape index (κ2) is 6.68. The van der Waals surface area contributed by atoms with E-state index in [9.17, 15) is 13.6 Å². The molecule has 0 saturated heterocycles. The summed E-state index contributed by atoms with van der Waals surface area (Å²) in [6.07, 6.45) is 5.96. The number of terminal acetylenes is 1. The average Bonchev–Trinajstić information content (AvgIpc) is 2.20.